The second-order valence-electron chi connectivity index (χ2n) is 7.84. The molecule has 8 heteroatoms. The van der Waals surface area contributed by atoms with Gasteiger partial charge < -0.3 is 10.0 Å². The number of carbonyl (C=O) groups is 2. The molecule has 146 valence electrons. The SMILES string of the molecule is Cc1cc(N2CCCS2(=O)=O)ccc1C(=O)N1CC2CCCC2C1C(=O)O. The lowest BCUT2D eigenvalue weighted by Crippen LogP contribution is -2.43. The second kappa shape index (κ2) is 6.51. The molecule has 3 unspecified atom stereocenters. The molecule has 1 N–H and O–H groups in total. The van der Waals surface area contributed by atoms with Crippen molar-refractivity contribution in [3.63, 3.8) is 0 Å². The molecule has 3 aliphatic rings. The molecular weight excluding hydrogens is 368 g/mol. The molecule has 1 aromatic carbocycles. The van der Waals surface area contributed by atoms with E-state index in [1.54, 1.807) is 25.1 Å². The van der Waals surface area contributed by atoms with E-state index in [0.717, 1.165) is 19.3 Å². The van der Waals surface area contributed by atoms with Gasteiger partial charge in [-0.1, -0.05) is 6.42 Å². The van der Waals surface area contributed by atoms with E-state index in [9.17, 15) is 23.1 Å². The van der Waals surface area contributed by atoms with Crippen molar-refractivity contribution in [1.82, 2.24) is 4.90 Å². The van der Waals surface area contributed by atoms with Crippen LogP contribution >= 0.6 is 0 Å². The second-order valence-corrected chi connectivity index (χ2v) is 9.85. The van der Waals surface area contributed by atoms with Gasteiger partial charge in [-0.2, -0.15) is 0 Å². The first-order chi connectivity index (χ1) is 12.8. The predicted octanol–water partition coefficient (Wildman–Crippen LogP) is 1.86. The van der Waals surface area contributed by atoms with Gasteiger partial charge in [-0.3, -0.25) is 9.10 Å². The molecule has 0 aromatic heterocycles. The Hall–Kier alpha value is -2.09. The fourth-order valence-corrected chi connectivity index (χ4v) is 6.51. The largest absolute Gasteiger partial charge is 0.480 e. The van der Waals surface area contributed by atoms with Gasteiger partial charge in [0.1, 0.15) is 6.04 Å². The minimum absolute atomic E-state index is 0.0424. The molecule has 0 bridgehead atoms. The number of nitrogens with zero attached hydrogens (tertiary/aromatic N) is 2. The molecule has 1 amide bonds. The van der Waals surface area contributed by atoms with Gasteiger partial charge in [0.25, 0.3) is 5.91 Å². The van der Waals surface area contributed by atoms with Crippen LogP contribution in [-0.2, 0) is 14.8 Å². The van der Waals surface area contributed by atoms with Crippen molar-refractivity contribution >= 4 is 27.6 Å². The van der Waals surface area contributed by atoms with Crippen LogP contribution in [0.3, 0.4) is 0 Å². The summed E-state index contributed by atoms with van der Waals surface area (Å²) in [6.07, 6.45) is 3.46. The Labute approximate surface area is 159 Å². The van der Waals surface area contributed by atoms with Crippen molar-refractivity contribution in [2.24, 2.45) is 11.8 Å². The van der Waals surface area contributed by atoms with E-state index in [0.29, 0.717) is 36.3 Å². The number of sulfonamides is 1. The zero-order valence-electron chi connectivity index (χ0n) is 15.3. The molecule has 2 aliphatic heterocycles. The van der Waals surface area contributed by atoms with E-state index < -0.39 is 22.0 Å². The number of amides is 1. The molecule has 0 radical (unpaired) electrons. The number of hydrogen-bond acceptors (Lipinski definition) is 4. The van der Waals surface area contributed by atoms with Crippen LogP contribution in [-0.4, -0.2) is 55.2 Å². The number of fused-ring (bicyclic) bond motifs is 1. The van der Waals surface area contributed by atoms with E-state index in [-0.39, 0.29) is 23.5 Å². The molecule has 27 heavy (non-hydrogen) atoms. The molecule has 3 atom stereocenters. The number of rotatable bonds is 3. The fourth-order valence-electron chi connectivity index (χ4n) is 4.96. The molecule has 1 aromatic rings. The Kier molecular flexibility index (Phi) is 4.41. The zero-order chi connectivity index (χ0) is 19.3. The lowest BCUT2D eigenvalue weighted by molar-refractivity contribution is -0.142. The summed E-state index contributed by atoms with van der Waals surface area (Å²) in [7, 11) is -3.28. The predicted molar refractivity (Wildman–Crippen MR) is 100 cm³/mol. The number of aliphatic carboxylic acids is 1. The van der Waals surface area contributed by atoms with Crippen LogP contribution < -0.4 is 4.31 Å². The highest BCUT2D eigenvalue weighted by Crippen LogP contribution is 2.43. The maximum Gasteiger partial charge on any atom is 0.326 e. The minimum atomic E-state index is -3.28. The van der Waals surface area contributed by atoms with Gasteiger partial charge in [-0.25, -0.2) is 13.2 Å². The van der Waals surface area contributed by atoms with Crippen LogP contribution in [0.4, 0.5) is 5.69 Å². The number of benzene rings is 1. The highest BCUT2D eigenvalue weighted by atomic mass is 32.2. The Morgan fingerprint density at radius 3 is 2.59 bits per heavy atom. The first-order valence-electron chi connectivity index (χ1n) is 9.44. The zero-order valence-corrected chi connectivity index (χ0v) is 16.1. The van der Waals surface area contributed by atoms with Crippen molar-refractivity contribution in [2.45, 2.75) is 38.6 Å². The molecule has 3 fully saturated rings. The molecule has 7 nitrogen and oxygen atoms in total. The Morgan fingerprint density at radius 1 is 1.19 bits per heavy atom. The summed E-state index contributed by atoms with van der Waals surface area (Å²) in [5, 5.41) is 9.67. The van der Waals surface area contributed by atoms with Gasteiger partial charge in [0.2, 0.25) is 10.0 Å². The topological polar surface area (TPSA) is 95.0 Å². The summed E-state index contributed by atoms with van der Waals surface area (Å²) < 4.78 is 25.6. The maximum absolute atomic E-state index is 13.1. The van der Waals surface area contributed by atoms with Gasteiger partial charge in [0, 0.05) is 18.7 Å². The normalized spacial score (nSPS) is 29.1. The van der Waals surface area contributed by atoms with E-state index in [1.807, 2.05) is 0 Å². The molecule has 2 heterocycles. The van der Waals surface area contributed by atoms with Crippen LogP contribution in [0.5, 0.6) is 0 Å². The van der Waals surface area contributed by atoms with E-state index >= 15 is 0 Å². The number of carbonyl (C=O) groups excluding carboxylic acids is 1. The van der Waals surface area contributed by atoms with Crippen molar-refractivity contribution in [2.75, 3.05) is 23.1 Å². The number of aryl methyl sites for hydroxylation is 1. The molecule has 0 spiro atoms. The van der Waals surface area contributed by atoms with E-state index in [1.165, 1.54) is 9.21 Å². The van der Waals surface area contributed by atoms with E-state index in [2.05, 4.69) is 0 Å². The average molecular weight is 392 g/mol. The monoisotopic (exact) mass is 392 g/mol. The number of hydrogen-bond donors (Lipinski definition) is 1. The van der Waals surface area contributed by atoms with Crippen molar-refractivity contribution in [3.05, 3.63) is 29.3 Å². The molecule has 1 aliphatic carbocycles. The van der Waals surface area contributed by atoms with Gasteiger partial charge in [-0.05, 0) is 61.8 Å². The summed E-state index contributed by atoms with van der Waals surface area (Å²) in [6, 6.07) is 4.23. The average Bonchev–Trinajstić information content (AvgIpc) is 3.26. The molecular formula is C19H24N2O5S. The Morgan fingerprint density at radius 2 is 1.96 bits per heavy atom. The smallest absolute Gasteiger partial charge is 0.326 e. The number of anilines is 1. The summed E-state index contributed by atoms with van der Waals surface area (Å²) in [6.45, 7) is 2.71. The lowest BCUT2D eigenvalue weighted by atomic mass is 9.94. The third kappa shape index (κ3) is 2.99. The lowest BCUT2D eigenvalue weighted by Gasteiger charge is -2.25. The van der Waals surface area contributed by atoms with Gasteiger partial charge in [0.05, 0.1) is 11.4 Å². The quantitative estimate of drug-likeness (QED) is 0.847. The van der Waals surface area contributed by atoms with Gasteiger partial charge in [-0.15, -0.1) is 0 Å². The minimum Gasteiger partial charge on any atom is -0.480 e. The maximum atomic E-state index is 13.1. The van der Waals surface area contributed by atoms with Crippen molar-refractivity contribution in [1.29, 1.82) is 0 Å². The first-order valence-corrected chi connectivity index (χ1v) is 11.1. The number of carboxylic acids is 1. The third-order valence-electron chi connectivity index (χ3n) is 6.23. The van der Waals surface area contributed by atoms with Crippen LogP contribution in [0.1, 0.15) is 41.6 Å². The Balaban J connectivity index is 1.62. The number of likely N-dealkylation sites (tertiary alicyclic amines) is 1. The molecule has 2 saturated heterocycles. The third-order valence-corrected chi connectivity index (χ3v) is 8.10. The summed E-state index contributed by atoms with van der Waals surface area (Å²) in [5.74, 6) is -0.755. The van der Waals surface area contributed by atoms with Crippen molar-refractivity contribution in [3.8, 4) is 0 Å². The van der Waals surface area contributed by atoms with Gasteiger partial charge >= 0.3 is 5.97 Å². The van der Waals surface area contributed by atoms with Crippen LogP contribution in [0.15, 0.2) is 18.2 Å². The van der Waals surface area contributed by atoms with Crippen LogP contribution in [0.2, 0.25) is 0 Å². The highest BCUT2D eigenvalue weighted by Gasteiger charge is 2.49. The number of carboxylic acid groups (broad SMARTS) is 1. The van der Waals surface area contributed by atoms with Crippen LogP contribution in [0.25, 0.3) is 0 Å². The van der Waals surface area contributed by atoms with Crippen LogP contribution in [0, 0.1) is 18.8 Å². The standard InChI is InChI=1S/C19H24N2O5S/c1-12-10-14(21-8-3-9-27(21,25)26)6-7-15(12)18(22)20-11-13-4-2-5-16(13)17(20)19(23)24/h6-7,10,13,16-17H,2-5,8-9,11H2,1H3,(H,23,24). The molecule has 1 saturated carbocycles. The summed E-state index contributed by atoms with van der Waals surface area (Å²) in [4.78, 5) is 26.4. The summed E-state index contributed by atoms with van der Waals surface area (Å²) >= 11 is 0. The van der Waals surface area contributed by atoms with E-state index in [4.69, 9.17) is 0 Å². The van der Waals surface area contributed by atoms with Gasteiger partial charge in [0.15, 0.2) is 0 Å². The van der Waals surface area contributed by atoms with Crippen molar-refractivity contribution < 1.29 is 23.1 Å². The summed E-state index contributed by atoms with van der Waals surface area (Å²) in [5.41, 5.74) is 1.68. The Bertz CT molecular complexity index is 897. The fraction of sp³-hybridized carbons (Fsp3) is 0.579. The first kappa shape index (κ1) is 18.3. The highest BCUT2D eigenvalue weighted by molar-refractivity contribution is 7.93. The molecule has 4 rings (SSSR count).